The van der Waals surface area contributed by atoms with Crippen LogP contribution in [0.1, 0.15) is 34.9 Å². The highest BCUT2D eigenvalue weighted by Crippen LogP contribution is 2.51. The number of anilines is 1. The van der Waals surface area contributed by atoms with Gasteiger partial charge in [-0.25, -0.2) is 4.79 Å². The van der Waals surface area contributed by atoms with Crippen molar-refractivity contribution in [3.63, 3.8) is 0 Å². The summed E-state index contributed by atoms with van der Waals surface area (Å²) in [6.45, 7) is 0. The van der Waals surface area contributed by atoms with E-state index >= 15 is 0 Å². The van der Waals surface area contributed by atoms with Crippen molar-refractivity contribution in [1.82, 2.24) is 4.98 Å². The molecule has 0 amide bonds. The molecule has 1 aromatic heterocycles. The summed E-state index contributed by atoms with van der Waals surface area (Å²) in [7, 11) is 3.78. The standard InChI is InChI=1S/C32H28F3N3O6/c1-42-21-11-9-17(10-12-21)22-15-23-26(28(39)25(22)30(40)43-2)24(18-6-5-13-37-16-18)27(31(41)44-3)29(36)38(23)20-8-4-7-19(14-20)32(33,34)35/h4-14,16,22,24-25H,15,36H2,1-3H3/t22-,24-,25+/m0/s1. The number of nitrogens with zero attached hydrogens (tertiary/aromatic N) is 2. The van der Waals surface area contributed by atoms with Crippen molar-refractivity contribution in [2.24, 2.45) is 11.7 Å². The molecular formula is C32H28F3N3O6. The van der Waals surface area contributed by atoms with E-state index in [0.717, 1.165) is 26.4 Å². The Bertz CT molecular complexity index is 1670. The third kappa shape index (κ3) is 5.27. The van der Waals surface area contributed by atoms with Crippen molar-refractivity contribution in [2.45, 2.75) is 24.4 Å². The first-order valence-corrected chi connectivity index (χ1v) is 13.5. The van der Waals surface area contributed by atoms with Gasteiger partial charge in [0.25, 0.3) is 0 Å². The Hall–Kier alpha value is -5.13. The molecular weight excluding hydrogens is 579 g/mol. The van der Waals surface area contributed by atoms with Gasteiger partial charge in [0.05, 0.1) is 38.4 Å². The minimum Gasteiger partial charge on any atom is -0.497 e. The van der Waals surface area contributed by atoms with Crippen LogP contribution in [0.2, 0.25) is 0 Å². The highest BCUT2D eigenvalue weighted by molar-refractivity contribution is 6.14. The van der Waals surface area contributed by atoms with E-state index in [0.29, 0.717) is 16.9 Å². The van der Waals surface area contributed by atoms with Crippen molar-refractivity contribution in [1.29, 1.82) is 0 Å². The van der Waals surface area contributed by atoms with Gasteiger partial charge in [0.15, 0.2) is 5.78 Å². The number of carbonyl (C=O) groups excluding carboxylic acids is 3. The lowest BCUT2D eigenvalue weighted by Gasteiger charge is -2.44. The van der Waals surface area contributed by atoms with E-state index in [1.54, 1.807) is 36.4 Å². The Kier molecular flexibility index (Phi) is 8.18. The molecule has 0 saturated carbocycles. The number of hydrogen-bond donors (Lipinski definition) is 1. The number of Topliss-reactive ketones (excluding diaryl/α,β-unsaturated/α-hetero) is 1. The maximum atomic E-state index is 14.6. The third-order valence-corrected chi connectivity index (χ3v) is 7.89. The maximum absolute atomic E-state index is 14.6. The lowest BCUT2D eigenvalue weighted by atomic mass is 9.67. The molecule has 1 aliphatic carbocycles. The maximum Gasteiger partial charge on any atom is 0.416 e. The van der Waals surface area contributed by atoms with Crippen LogP contribution < -0.4 is 15.4 Å². The van der Waals surface area contributed by atoms with Crippen molar-refractivity contribution in [3.8, 4) is 5.75 Å². The second-order valence-corrected chi connectivity index (χ2v) is 10.2. The van der Waals surface area contributed by atoms with Crippen LogP contribution in [0.3, 0.4) is 0 Å². The number of ether oxygens (including phenoxy) is 3. The fraction of sp³-hybridized carbons (Fsp3) is 0.250. The Morgan fingerprint density at radius 3 is 2.30 bits per heavy atom. The highest BCUT2D eigenvalue weighted by atomic mass is 19.4. The van der Waals surface area contributed by atoms with Crippen molar-refractivity contribution >= 4 is 23.4 Å². The zero-order valence-electron chi connectivity index (χ0n) is 23.9. The van der Waals surface area contributed by atoms with Crippen molar-refractivity contribution in [3.05, 3.63) is 112 Å². The molecule has 0 bridgehead atoms. The van der Waals surface area contributed by atoms with E-state index < -0.39 is 47.2 Å². The Morgan fingerprint density at radius 2 is 1.70 bits per heavy atom. The molecule has 3 atom stereocenters. The first-order valence-electron chi connectivity index (χ1n) is 13.5. The monoisotopic (exact) mass is 607 g/mol. The summed E-state index contributed by atoms with van der Waals surface area (Å²) in [5.74, 6) is -5.33. The quantitative estimate of drug-likeness (QED) is 0.310. The van der Waals surface area contributed by atoms with Crippen LogP contribution >= 0.6 is 0 Å². The van der Waals surface area contributed by atoms with Gasteiger partial charge >= 0.3 is 18.1 Å². The Labute approximate surface area is 250 Å². The number of nitrogens with two attached hydrogens (primary N) is 1. The number of carbonyl (C=O) groups is 3. The number of esters is 2. The molecule has 0 spiro atoms. The smallest absolute Gasteiger partial charge is 0.416 e. The van der Waals surface area contributed by atoms with Crippen LogP contribution in [-0.4, -0.2) is 44.0 Å². The van der Waals surface area contributed by atoms with E-state index in [1.807, 2.05) is 0 Å². The number of pyridine rings is 1. The van der Waals surface area contributed by atoms with Gasteiger partial charge in [-0.2, -0.15) is 13.2 Å². The summed E-state index contributed by atoms with van der Waals surface area (Å²) in [4.78, 5) is 46.6. The lowest BCUT2D eigenvalue weighted by molar-refractivity contribution is -0.150. The Balaban J connectivity index is 1.82. The lowest BCUT2D eigenvalue weighted by Crippen LogP contribution is -2.46. The zero-order chi connectivity index (χ0) is 31.8. The van der Waals surface area contributed by atoms with E-state index in [1.165, 1.54) is 36.5 Å². The van der Waals surface area contributed by atoms with E-state index in [-0.39, 0.29) is 34.8 Å². The number of ketones is 1. The summed E-state index contributed by atoms with van der Waals surface area (Å²) in [6.07, 6.45) is -1.76. The van der Waals surface area contributed by atoms with Gasteiger partial charge in [0.1, 0.15) is 17.5 Å². The SMILES string of the molecule is COC(=O)C1=C(N)N(c2cccc(C(F)(F)F)c2)C2=C(C(=O)[C@H](C(=O)OC)[C@H](c3ccc(OC)cc3)C2)[C@@H]1c1cccnc1. The number of rotatable bonds is 6. The highest BCUT2D eigenvalue weighted by Gasteiger charge is 2.51. The Morgan fingerprint density at radius 1 is 0.977 bits per heavy atom. The molecule has 1 aliphatic heterocycles. The number of aromatic nitrogens is 1. The van der Waals surface area contributed by atoms with Crippen LogP contribution in [0, 0.1) is 5.92 Å². The van der Waals surface area contributed by atoms with Gasteiger partial charge in [-0.05, 0) is 53.9 Å². The summed E-state index contributed by atoms with van der Waals surface area (Å²) < 4.78 is 56.9. The van der Waals surface area contributed by atoms with E-state index in [9.17, 15) is 27.6 Å². The van der Waals surface area contributed by atoms with Gasteiger partial charge < -0.3 is 19.9 Å². The molecule has 2 aliphatic rings. The number of hydrogen-bond acceptors (Lipinski definition) is 9. The molecule has 228 valence electrons. The topological polar surface area (TPSA) is 121 Å². The van der Waals surface area contributed by atoms with Gasteiger partial charge in [0.2, 0.25) is 0 Å². The molecule has 12 heteroatoms. The number of allylic oxidation sites excluding steroid dienone is 2. The van der Waals surface area contributed by atoms with Gasteiger partial charge in [-0.1, -0.05) is 24.3 Å². The van der Waals surface area contributed by atoms with Crippen molar-refractivity contribution < 1.29 is 41.8 Å². The number of methoxy groups -OCH3 is 3. The number of benzene rings is 2. The van der Waals surface area contributed by atoms with Gasteiger partial charge in [-0.15, -0.1) is 0 Å². The minimum atomic E-state index is -4.69. The number of alkyl halides is 3. The second-order valence-electron chi connectivity index (χ2n) is 10.2. The summed E-state index contributed by atoms with van der Waals surface area (Å²) >= 11 is 0. The third-order valence-electron chi connectivity index (χ3n) is 7.89. The van der Waals surface area contributed by atoms with Crippen LogP contribution in [0.5, 0.6) is 5.75 Å². The molecule has 0 unspecified atom stereocenters. The first-order chi connectivity index (χ1) is 21.0. The molecule has 9 nitrogen and oxygen atoms in total. The molecule has 0 saturated heterocycles. The van der Waals surface area contributed by atoms with Gasteiger partial charge in [-0.3, -0.25) is 19.5 Å². The summed E-state index contributed by atoms with van der Waals surface area (Å²) in [5.41, 5.74) is 6.71. The average molecular weight is 608 g/mol. The molecule has 44 heavy (non-hydrogen) atoms. The molecule has 5 rings (SSSR count). The van der Waals surface area contributed by atoms with E-state index in [2.05, 4.69) is 4.98 Å². The van der Waals surface area contributed by atoms with Gasteiger partial charge in [0, 0.05) is 35.3 Å². The minimum absolute atomic E-state index is 0.00479. The zero-order valence-corrected chi connectivity index (χ0v) is 23.9. The normalized spacial score (nSPS) is 20.3. The predicted molar refractivity (Wildman–Crippen MR) is 152 cm³/mol. The van der Waals surface area contributed by atoms with Crippen molar-refractivity contribution in [2.75, 3.05) is 26.2 Å². The number of halogens is 3. The first kappa shape index (κ1) is 30.3. The van der Waals surface area contributed by atoms with Crippen LogP contribution in [0.25, 0.3) is 0 Å². The molecule has 2 heterocycles. The van der Waals surface area contributed by atoms with Crippen LogP contribution in [0.4, 0.5) is 18.9 Å². The summed E-state index contributed by atoms with van der Waals surface area (Å²) in [6, 6.07) is 14.4. The van der Waals surface area contributed by atoms with Crippen LogP contribution in [0.15, 0.2) is 95.7 Å². The predicted octanol–water partition coefficient (Wildman–Crippen LogP) is 4.86. The van der Waals surface area contributed by atoms with Crippen LogP contribution in [-0.2, 0) is 30.0 Å². The molecule has 3 aromatic rings. The average Bonchev–Trinajstić information content (AvgIpc) is 3.03. The second kappa shape index (κ2) is 11.9. The fourth-order valence-electron chi connectivity index (χ4n) is 5.90. The largest absolute Gasteiger partial charge is 0.497 e. The molecule has 0 radical (unpaired) electrons. The molecule has 0 fully saturated rings. The molecule has 2 N–H and O–H groups in total. The summed E-state index contributed by atoms with van der Waals surface area (Å²) in [5, 5.41) is 0. The fourth-order valence-corrected chi connectivity index (χ4v) is 5.90. The molecule has 2 aromatic carbocycles. The van der Waals surface area contributed by atoms with E-state index in [4.69, 9.17) is 19.9 Å².